The first-order valence-corrected chi connectivity index (χ1v) is 10.5. The number of hydrogen-bond donors (Lipinski definition) is 1. The van der Waals surface area contributed by atoms with E-state index >= 15 is 0 Å². The van der Waals surface area contributed by atoms with Crippen LogP contribution < -0.4 is 75.1 Å². The van der Waals surface area contributed by atoms with Crippen molar-refractivity contribution in [2.45, 2.75) is 62.2 Å². The van der Waals surface area contributed by atoms with Crippen LogP contribution in [0.15, 0.2) is 0 Å². The van der Waals surface area contributed by atoms with Gasteiger partial charge in [-0.1, -0.05) is 0 Å². The van der Waals surface area contributed by atoms with Gasteiger partial charge < -0.3 is 30.4 Å². The minimum absolute atomic E-state index is 0. The predicted octanol–water partition coefficient (Wildman–Crippen LogP) is -8.57. The Hall–Kier alpha value is -1.92. The Bertz CT molecular complexity index is 1050. The van der Waals surface area contributed by atoms with Crippen molar-refractivity contribution >= 4 is 29.9 Å². The van der Waals surface area contributed by atoms with Crippen molar-refractivity contribution < 1.29 is 121 Å². The van der Waals surface area contributed by atoms with Crippen LogP contribution in [-0.2, 0) is 24.1 Å². The summed E-state index contributed by atoms with van der Waals surface area (Å²) in [7, 11) is 0. The Morgan fingerprint density at radius 1 is 0.846 bits per heavy atom. The Labute approximate surface area is 261 Å². The Kier molecular flexibility index (Phi) is 11.8. The maximum atomic E-state index is 12.9. The van der Waals surface area contributed by atoms with Crippen LogP contribution in [0.3, 0.4) is 0 Å². The zero-order valence-corrected chi connectivity index (χ0v) is 24.6. The van der Waals surface area contributed by atoms with Crippen LogP contribution in [0.4, 0.5) is 27.2 Å². The van der Waals surface area contributed by atoms with Crippen LogP contribution >= 0.6 is 0 Å². The molecule has 204 valence electrons. The van der Waals surface area contributed by atoms with E-state index in [-0.39, 0.29) is 90.1 Å². The number of piperidine rings is 2. The van der Waals surface area contributed by atoms with Crippen LogP contribution in [0, 0.1) is 6.57 Å². The fourth-order valence-corrected chi connectivity index (χ4v) is 4.23. The van der Waals surface area contributed by atoms with Crippen molar-refractivity contribution in [1.82, 2.24) is 19.9 Å². The molecule has 0 aromatic carbocycles. The summed E-state index contributed by atoms with van der Waals surface area (Å²) in [6.07, 6.45) is -8.83. The molecule has 0 radical (unpaired) electrons. The van der Waals surface area contributed by atoms with Gasteiger partial charge in [-0.2, -0.15) is 37.4 Å². The number of nitrogens with two attached hydrogens (primary N) is 1. The molecular formula is C18H18F4N6Na2O9. The van der Waals surface area contributed by atoms with E-state index in [1.54, 1.807) is 0 Å². The summed E-state index contributed by atoms with van der Waals surface area (Å²) in [5.41, 5.74) is 5.09. The van der Waals surface area contributed by atoms with Gasteiger partial charge in [-0.25, -0.2) is 16.2 Å². The van der Waals surface area contributed by atoms with Gasteiger partial charge in [0.1, 0.15) is 18.0 Å². The smallest absolute Gasteiger partial charge is 0.542 e. The van der Waals surface area contributed by atoms with Crippen LogP contribution in [0.2, 0.25) is 0 Å². The molecule has 0 saturated carbocycles. The van der Waals surface area contributed by atoms with E-state index in [4.69, 9.17) is 12.3 Å². The molecule has 21 heteroatoms. The average molecular weight is 584 g/mol. The number of halogens is 4. The van der Waals surface area contributed by atoms with Crippen molar-refractivity contribution in [2.75, 3.05) is 13.1 Å². The minimum Gasteiger partial charge on any atom is -0.542 e. The molecule has 15 nitrogen and oxygen atoms in total. The number of aliphatic carboxylic acids is 2. The number of primary amides is 1. The molecule has 4 rings (SSSR count). The van der Waals surface area contributed by atoms with Crippen molar-refractivity contribution in [1.29, 1.82) is 0 Å². The second-order valence-electron chi connectivity index (χ2n) is 8.30. The van der Waals surface area contributed by atoms with Crippen molar-refractivity contribution in [3.05, 3.63) is 11.4 Å². The van der Waals surface area contributed by atoms with Crippen LogP contribution in [0.5, 0.6) is 0 Å². The molecule has 0 spiro atoms. The summed E-state index contributed by atoms with van der Waals surface area (Å²) < 4.78 is 51.5. The third-order valence-corrected chi connectivity index (χ3v) is 5.99. The SMILES string of the molecule is NC(=O)[C@@H]1CC[C@@H]2CN1C(=O)N2OC(F)(F)C(=O)[O-].[C-]#[N+][C@@H]1CC[C@@H]2CN1C(=O)N2OC(F)(F)C(=O)[O-].[Na+].[Na+]. The number of alkyl halides is 4. The van der Waals surface area contributed by atoms with Crippen molar-refractivity contribution in [2.24, 2.45) is 5.73 Å². The first-order chi connectivity index (χ1) is 17.1. The molecule has 39 heavy (non-hydrogen) atoms. The number of hydrogen-bond acceptors (Lipinski definition) is 9. The molecule has 2 N–H and O–H groups in total. The summed E-state index contributed by atoms with van der Waals surface area (Å²) in [4.78, 5) is 68.0. The molecule has 0 aromatic rings. The standard InChI is InChI=1S/C9H11F2N3O5.C9H9F2N3O4.2Na/c10-9(11,7(16)17)19-14-4-1-2-5(6(12)15)13(3-4)8(14)18;1-12-6-3-2-5-4-13(6)8(17)14(5)18-9(10,11)7(15)16;;/h4-5H,1-3H2,(H2,12,15)(H,16,17);5-6H,2-4H2,(H,15,16);;/q;;2*+1/p-2/t4-,5+;5-,6+;;/m11../s1. The summed E-state index contributed by atoms with van der Waals surface area (Å²) in [5, 5.41) is 20.9. The number of fused-ring (bicyclic) bond motifs is 4. The van der Waals surface area contributed by atoms with Gasteiger partial charge in [0, 0.05) is 13.0 Å². The van der Waals surface area contributed by atoms with Gasteiger partial charge in [0.15, 0.2) is 0 Å². The van der Waals surface area contributed by atoms with Gasteiger partial charge >= 0.3 is 89.6 Å². The quantitative estimate of drug-likeness (QED) is 0.172. The number of carbonyl (C=O) groups is 5. The van der Waals surface area contributed by atoms with E-state index in [1.807, 2.05) is 0 Å². The van der Waals surface area contributed by atoms with Gasteiger partial charge in [-0.3, -0.25) is 14.5 Å². The van der Waals surface area contributed by atoms with E-state index in [2.05, 4.69) is 14.5 Å². The monoisotopic (exact) mass is 584 g/mol. The zero-order valence-electron chi connectivity index (χ0n) is 20.6. The largest absolute Gasteiger partial charge is 1.00 e. The van der Waals surface area contributed by atoms with E-state index in [0.717, 1.165) is 9.80 Å². The van der Waals surface area contributed by atoms with E-state index < -0.39 is 66.4 Å². The van der Waals surface area contributed by atoms with Gasteiger partial charge in [-0.05, 0) is 19.3 Å². The van der Waals surface area contributed by atoms with Crippen LogP contribution in [0.1, 0.15) is 25.7 Å². The van der Waals surface area contributed by atoms with Crippen molar-refractivity contribution in [3.63, 3.8) is 0 Å². The fraction of sp³-hybridized carbons (Fsp3) is 0.667. The molecule has 4 saturated heterocycles. The normalized spacial score (nSPS) is 25.6. The molecule has 4 atom stereocenters. The maximum absolute atomic E-state index is 12.9. The number of carboxylic acid groups (broad SMARTS) is 2. The van der Waals surface area contributed by atoms with Crippen LogP contribution in [0.25, 0.3) is 4.85 Å². The summed E-state index contributed by atoms with van der Waals surface area (Å²) in [6, 6.07) is -4.23. The second kappa shape index (κ2) is 13.2. The third kappa shape index (κ3) is 7.24. The third-order valence-electron chi connectivity index (χ3n) is 5.99. The summed E-state index contributed by atoms with van der Waals surface area (Å²) in [6.45, 7) is 6.93. The molecule has 4 aliphatic rings. The number of carbonyl (C=O) groups excluding carboxylic acids is 5. The van der Waals surface area contributed by atoms with Gasteiger partial charge in [0.2, 0.25) is 5.91 Å². The molecule has 4 aliphatic heterocycles. The Morgan fingerprint density at radius 2 is 1.26 bits per heavy atom. The van der Waals surface area contributed by atoms with Crippen LogP contribution in [-0.4, -0.2) is 99.4 Å². The average Bonchev–Trinajstić information content (AvgIpc) is 3.19. The van der Waals surface area contributed by atoms with Gasteiger partial charge in [0.25, 0.3) is 0 Å². The second-order valence-corrected chi connectivity index (χ2v) is 8.30. The molecular weight excluding hydrogens is 566 g/mol. The zero-order chi connectivity index (χ0) is 27.9. The van der Waals surface area contributed by atoms with Gasteiger partial charge in [0.05, 0.1) is 18.6 Å². The summed E-state index contributed by atoms with van der Waals surface area (Å²) >= 11 is 0. The molecule has 0 unspecified atom stereocenters. The molecule has 5 amide bonds. The maximum Gasteiger partial charge on any atom is 1.00 e. The first-order valence-electron chi connectivity index (χ1n) is 10.5. The minimum atomic E-state index is -4.61. The molecule has 0 aliphatic carbocycles. The molecule has 4 fully saturated rings. The predicted molar refractivity (Wildman–Crippen MR) is 99.4 cm³/mol. The van der Waals surface area contributed by atoms with E-state index in [0.29, 0.717) is 17.9 Å². The van der Waals surface area contributed by atoms with Crippen molar-refractivity contribution in [3.8, 4) is 0 Å². The van der Waals surface area contributed by atoms with Gasteiger partial charge in [-0.15, -0.1) is 0 Å². The number of nitrogens with zero attached hydrogens (tertiary/aromatic N) is 5. The van der Waals surface area contributed by atoms with E-state index in [9.17, 15) is 51.7 Å². The number of carboxylic acids is 2. The molecule has 4 heterocycles. The Morgan fingerprint density at radius 3 is 1.67 bits per heavy atom. The molecule has 0 aromatic heterocycles. The number of hydroxylamine groups is 4. The fourth-order valence-electron chi connectivity index (χ4n) is 4.23. The topological polar surface area (TPSA) is 193 Å². The summed E-state index contributed by atoms with van der Waals surface area (Å²) in [5.74, 6) is -6.21. The first kappa shape index (κ1) is 35.1. The Balaban J connectivity index is 0.000000371. The number of rotatable bonds is 7. The van der Waals surface area contributed by atoms with E-state index in [1.165, 1.54) is 0 Å². The number of amides is 5. The number of urea groups is 2. The molecule has 4 bridgehead atoms.